The molecule has 0 atom stereocenters. The number of hydrogen-bond acceptors (Lipinski definition) is 1. The molecular formula is C15H17N3. The Bertz CT molecular complexity index is 684. The number of benzene rings is 1. The molecule has 92 valence electrons. The maximum Gasteiger partial charge on any atom is 0.0703 e. The van der Waals surface area contributed by atoms with Gasteiger partial charge in [0, 0.05) is 29.0 Å². The van der Waals surface area contributed by atoms with Crippen molar-refractivity contribution in [1.29, 1.82) is 0 Å². The van der Waals surface area contributed by atoms with Gasteiger partial charge in [0.25, 0.3) is 0 Å². The smallest absolute Gasteiger partial charge is 0.0703 e. The van der Waals surface area contributed by atoms with E-state index >= 15 is 0 Å². The van der Waals surface area contributed by atoms with Crippen molar-refractivity contribution in [2.45, 2.75) is 27.3 Å². The number of rotatable bonds is 2. The molecule has 0 saturated heterocycles. The second kappa shape index (κ2) is 4.02. The van der Waals surface area contributed by atoms with Crippen LogP contribution >= 0.6 is 0 Å². The van der Waals surface area contributed by atoms with E-state index in [9.17, 15) is 0 Å². The van der Waals surface area contributed by atoms with Gasteiger partial charge >= 0.3 is 0 Å². The number of hydrogen-bond donors (Lipinski definition) is 0. The quantitative estimate of drug-likeness (QED) is 0.671. The topological polar surface area (TPSA) is 22.8 Å². The number of fused-ring (bicyclic) bond motifs is 1. The summed E-state index contributed by atoms with van der Waals surface area (Å²) >= 11 is 0. The van der Waals surface area contributed by atoms with E-state index in [-0.39, 0.29) is 0 Å². The average Bonchev–Trinajstić information content (AvgIpc) is 2.92. The molecule has 18 heavy (non-hydrogen) atoms. The molecule has 3 rings (SSSR count). The highest BCUT2D eigenvalue weighted by atomic mass is 15.3. The van der Waals surface area contributed by atoms with Crippen LogP contribution in [0.25, 0.3) is 16.6 Å². The lowest BCUT2D eigenvalue weighted by molar-refractivity contribution is 0.683. The molecule has 2 heterocycles. The molecule has 0 aliphatic heterocycles. The van der Waals surface area contributed by atoms with Crippen molar-refractivity contribution in [3.05, 3.63) is 47.9 Å². The van der Waals surface area contributed by atoms with Gasteiger partial charge in [-0.15, -0.1) is 0 Å². The van der Waals surface area contributed by atoms with Gasteiger partial charge in [0.2, 0.25) is 0 Å². The van der Waals surface area contributed by atoms with E-state index in [2.05, 4.69) is 60.8 Å². The first-order valence-corrected chi connectivity index (χ1v) is 6.31. The van der Waals surface area contributed by atoms with Gasteiger partial charge in [-0.2, -0.15) is 5.10 Å². The second-order valence-electron chi connectivity index (χ2n) is 4.65. The van der Waals surface area contributed by atoms with Gasteiger partial charge in [-0.05, 0) is 51.1 Å². The third-order valence-corrected chi connectivity index (χ3v) is 3.46. The summed E-state index contributed by atoms with van der Waals surface area (Å²) in [4.78, 5) is 0. The van der Waals surface area contributed by atoms with Crippen LogP contribution in [0.15, 0.2) is 36.5 Å². The minimum atomic E-state index is 0.899. The van der Waals surface area contributed by atoms with Gasteiger partial charge in [-0.25, -0.2) is 0 Å². The summed E-state index contributed by atoms with van der Waals surface area (Å²) in [5.41, 5.74) is 4.92. The van der Waals surface area contributed by atoms with Crippen molar-refractivity contribution in [2.24, 2.45) is 0 Å². The lowest BCUT2D eigenvalue weighted by Crippen LogP contribution is -2.00. The molecule has 0 aliphatic rings. The van der Waals surface area contributed by atoms with Crippen LogP contribution in [0, 0.1) is 13.8 Å². The molecule has 3 nitrogen and oxygen atoms in total. The minimum absolute atomic E-state index is 0.899. The van der Waals surface area contributed by atoms with Crippen molar-refractivity contribution in [2.75, 3.05) is 0 Å². The van der Waals surface area contributed by atoms with E-state index < -0.39 is 0 Å². The van der Waals surface area contributed by atoms with Crippen molar-refractivity contribution >= 4 is 10.9 Å². The van der Waals surface area contributed by atoms with Gasteiger partial charge < -0.3 is 4.57 Å². The minimum Gasteiger partial charge on any atom is -0.318 e. The van der Waals surface area contributed by atoms with Crippen LogP contribution in [0.4, 0.5) is 0 Å². The lowest BCUT2D eigenvalue weighted by Gasteiger charge is -2.10. The zero-order chi connectivity index (χ0) is 12.7. The van der Waals surface area contributed by atoms with E-state index in [1.165, 1.54) is 28.0 Å². The number of aromatic nitrogens is 3. The van der Waals surface area contributed by atoms with Gasteiger partial charge in [-0.3, -0.25) is 4.68 Å². The van der Waals surface area contributed by atoms with Crippen molar-refractivity contribution in [3.8, 4) is 5.69 Å². The molecule has 0 spiro atoms. The molecule has 2 aromatic heterocycles. The molecule has 3 heteroatoms. The highest BCUT2D eigenvalue weighted by Crippen LogP contribution is 2.21. The Kier molecular flexibility index (Phi) is 2.47. The summed E-state index contributed by atoms with van der Waals surface area (Å²) in [7, 11) is 0. The summed E-state index contributed by atoms with van der Waals surface area (Å²) < 4.78 is 4.30. The van der Waals surface area contributed by atoms with E-state index in [0.717, 1.165) is 6.54 Å². The average molecular weight is 239 g/mol. The molecule has 0 amide bonds. The van der Waals surface area contributed by atoms with Crippen LogP contribution in [0.3, 0.4) is 0 Å². The third kappa shape index (κ3) is 1.55. The Balaban J connectivity index is 2.24. The Morgan fingerprint density at radius 3 is 2.44 bits per heavy atom. The Morgan fingerprint density at radius 2 is 1.78 bits per heavy atom. The second-order valence-corrected chi connectivity index (χ2v) is 4.65. The van der Waals surface area contributed by atoms with Crippen molar-refractivity contribution in [1.82, 2.24) is 14.3 Å². The van der Waals surface area contributed by atoms with Gasteiger partial charge in [0.05, 0.1) is 11.7 Å². The zero-order valence-corrected chi connectivity index (χ0v) is 11.0. The van der Waals surface area contributed by atoms with Crippen LogP contribution in [0.5, 0.6) is 0 Å². The van der Waals surface area contributed by atoms with E-state index in [1.54, 1.807) is 0 Å². The van der Waals surface area contributed by atoms with Gasteiger partial charge in [-0.1, -0.05) is 0 Å². The fourth-order valence-electron chi connectivity index (χ4n) is 2.53. The van der Waals surface area contributed by atoms with Crippen molar-refractivity contribution in [3.63, 3.8) is 0 Å². The fraction of sp³-hybridized carbons (Fsp3) is 0.267. The summed E-state index contributed by atoms with van der Waals surface area (Å²) in [5.74, 6) is 0. The van der Waals surface area contributed by atoms with Gasteiger partial charge in [0.1, 0.15) is 0 Å². The van der Waals surface area contributed by atoms with Crippen LogP contribution in [0.2, 0.25) is 0 Å². The zero-order valence-electron chi connectivity index (χ0n) is 11.0. The van der Waals surface area contributed by atoms with Crippen LogP contribution in [-0.2, 0) is 6.54 Å². The molecule has 0 N–H and O–H groups in total. The maximum atomic E-state index is 4.39. The van der Waals surface area contributed by atoms with E-state index in [0.29, 0.717) is 0 Å². The molecule has 0 radical (unpaired) electrons. The van der Waals surface area contributed by atoms with Crippen LogP contribution in [0.1, 0.15) is 18.3 Å². The first kappa shape index (κ1) is 11.1. The summed E-state index contributed by atoms with van der Waals surface area (Å²) in [6.45, 7) is 7.28. The molecule has 0 aliphatic carbocycles. The highest BCUT2D eigenvalue weighted by molar-refractivity contribution is 5.80. The SMILES string of the molecule is CCn1ncc2ccc(-n3c(C)ccc3C)cc21. The first-order chi connectivity index (χ1) is 8.70. The molecule has 0 unspecified atom stereocenters. The largest absolute Gasteiger partial charge is 0.318 e. The van der Waals surface area contributed by atoms with Crippen LogP contribution in [-0.4, -0.2) is 14.3 Å². The van der Waals surface area contributed by atoms with Gasteiger partial charge in [0.15, 0.2) is 0 Å². The summed E-state index contributed by atoms with van der Waals surface area (Å²) in [6, 6.07) is 10.8. The summed E-state index contributed by atoms with van der Waals surface area (Å²) in [6.07, 6.45) is 1.93. The molecule has 0 bridgehead atoms. The predicted octanol–water partition coefficient (Wildman–Crippen LogP) is 3.46. The Labute approximate surface area is 107 Å². The Hall–Kier alpha value is -2.03. The summed E-state index contributed by atoms with van der Waals surface area (Å²) in [5, 5.41) is 5.59. The third-order valence-electron chi connectivity index (χ3n) is 3.46. The fourth-order valence-corrected chi connectivity index (χ4v) is 2.53. The Morgan fingerprint density at radius 1 is 1.06 bits per heavy atom. The lowest BCUT2D eigenvalue weighted by atomic mass is 10.2. The predicted molar refractivity (Wildman–Crippen MR) is 74.2 cm³/mol. The molecule has 3 aromatic rings. The molecule has 0 fully saturated rings. The standard InChI is InChI=1S/C15H17N3/c1-4-17-15-9-14(8-7-13(15)10-16-17)18-11(2)5-6-12(18)3/h5-10H,4H2,1-3H3. The molecule has 0 saturated carbocycles. The molecular weight excluding hydrogens is 222 g/mol. The monoisotopic (exact) mass is 239 g/mol. The van der Waals surface area contributed by atoms with E-state index in [1.807, 2.05) is 10.9 Å². The first-order valence-electron chi connectivity index (χ1n) is 6.31. The van der Waals surface area contributed by atoms with Crippen LogP contribution < -0.4 is 0 Å². The number of nitrogens with zero attached hydrogens (tertiary/aromatic N) is 3. The normalized spacial score (nSPS) is 11.3. The molecule has 1 aromatic carbocycles. The maximum absolute atomic E-state index is 4.39. The number of aryl methyl sites for hydroxylation is 3. The highest BCUT2D eigenvalue weighted by Gasteiger charge is 2.07. The van der Waals surface area contributed by atoms with Crippen molar-refractivity contribution < 1.29 is 0 Å². The van der Waals surface area contributed by atoms with E-state index in [4.69, 9.17) is 0 Å².